The summed E-state index contributed by atoms with van der Waals surface area (Å²) >= 11 is 0. The Balaban J connectivity index is 2.30. The van der Waals surface area contributed by atoms with Crippen molar-refractivity contribution >= 4 is 5.97 Å². The molecule has 0 spiro atoms. The largest absolute Gasteiger partial charge is 0.457 e. The first-order valence-electron chi connectivity index (χ1n) is 9.11. The maximum atomic E-state index is 11.4. The van der Waals surface area contributed by atoms with E-state index >= 15 is 0 Å². The molecule has 1 saturated heterocycles. The Bertz CT molecular complexity index is 458. The lowest BCUT2D eigenvalue weighted by Crippen LogP contribution is -2.52. The highest BCUT2D eigenvalue weighted by atomic mass is 16.7. The Morgan fingerprint density at radius 1 is 1.12 bits per heavy atom. The first-order valence-corrected chi connectivity index (χ1v) is 9.11. The summed E-state index contributed by atoms with van der Waals surface area (Å²) in [5.74, 6) is 0.0892. The lowest BCUT2D eigenvalue weighted by atomic mass is 9.82. The maximum absolute atomic E-state index is 11.4. The van der Waals surface area contributed by atoms with E-state index in [0.29, 0.717) is 39.6 Å². The van der Waals surface area contributed by atoms with E-state index in [-0.39, 0.29) is 23.9 Å². The minimum Gasteiger partial charge on any atom is -0.457 e. The van der Waals surface area contributed by atoms with Crippen LogP contribution in [0.25, 0.3) is 10.4 Å². The van der Waals surface area contributed by atoms with Crippen molar-refractivity contribution in [3.63, 3.8) is 0 Å². The molecule has 0 N–H and O–H groups in total. The maximum Gasteiger partial charge on any atom is 0.303 e. The minimum atomic E-state index is -0.584. The number of hydrogen-bond donors (Lipinski definition) is 0. The van der Waals surface area contributed by atoms with Gasteiger partial charge in [-0.1, -0.05) is 25.9 Å². The van der Waals surface area contributed by atoms with Crippen LogP contribution in [-0.2, 0) is 28.5 Å². The normalized spacial score (nSPS) is 28.4. The average Bonchev–Trinajstić information content (AvgIpc) is 2.62. The van der Waals surface area contributed by atoms with Crippen LogP contribution in [0.1, 0.15) is 34.1 Å². The van der Waals surface area contributed by atoms with Gasteiger partial charge in [0.25, 0.3) is 0 Å². The highest BCUT2D eigenvalue weighted by Gasteiger charge is 2.43. The second kappa shape index (κ2) is 12.9. The van der Waals surface area contributed by atoms with Gasteiger partial charge < -0.3 is 23.7 Å². The van der Waals surface area contributed by atoms with Crippen LogP contribution in [0.3, 0.4) is 0 Å². The molecule has 0 aromatic heterocycles. The van der Waals surface area contributed by atoms with Crippen LogP contribution in [0.5, 0.6) is 0 Å². The quantitative estimate of drug-likeness (QED) is 0.171. The molecule has 0 amide bonds. The van der Waals surface area contributed by atoms with Crippen molar-refractivity contribution in [2.75, 3.05) is 39.6 Å². The summed E-state index contributed by atoms with van der Waals surface area (Å²) in [4.78, 5) is 14.0. The van der Waals surface area contributed by atoms with Crippen molar-refractivity contribution in [3.05, 3.63) is 10.4 Å². The average molecular weight is 373 g/mol. The molecule has 0 bridgehead atoms. The van der Waals surface area contributed by atoms with Gasteiger partial charge in [0.1, 0.15) is 0 Å². The van der Waals surface area contributed by atoms with E-state index in [4.69, 9.17) is 29.2 Å². The first-order chi connectivity index (χ1) is 12.5. The molecule has 150 valence electrons. The molecule has 26 heavy (non-hydrogen) atoms. The number of carbonyl (C=O) groups is 1. The third-order valence-corrected chi connectivity index (χ3v) is 4.50. The number of hydrogen-bond acceptors (Lipinski definition) is 7. The molecule has 1 heterocycles. The SMILES string of the molecule is CC[C@H]1OC(OCCOCCOCCN=[N+]=[N-])[C@@H](OC(C)=O)[C@@H](C)[C@@H]1C. The first kappa shape index (κ1) is 22.7. The molecule has 9 nitrogen and oxygen atoms in total. The van der Waals surface area contributed by atoms with E-state index in [1.165, 1.54) is 6.92 Å². The van der Waals surface area contributed by atoms with Gasteiger partial charge in [-0.25, -0.2) is 0 Å². The molecule has 5 atom stereocenters. The van der Waals surface area contributed by atoms with E-state index in [0.717, 1.165) is 6.42 Å². The Labute approximate surface area is 154 Å². The van der Waals surface area contributed by atoms with Gasteiger partial charge in [0.2, 0.25) is 0 Å². The second-order valence-corrected chi connectivity index (χ2v) is 6.29. The molecule has 0 saturated carbocycles. The van der Waals surface area contributed by atoms with Crippen LogP contribution >= 0.6 is 0 Å². The van der Waals surface area contributed by atoms with Crippen LogP contribution < -0.4 is 0 Å². The molecule has 1 aliphatic rings. The standard InChI is InChI=1S/C17H31N3O6/c1-5-15-12(2)13(3)16(25-14(4)21)17(26-15)24-11-10-23-9-8-22-7-6-19-20-18/h12-13,15-17H,5-11H2,1-4H3/t12-,13-,15+,16-,17?/m0/s1. The van der Waals surface area contributed by atoms with Crippen molar-refractivity contribution in [1.82, 2.24) is 0 Å². The van der Waals surface area contributed by atoms with Crippen LogP contribution in [0, 0.1) is 11.8 Å². The van der Waals surface area contributed by atoms with E-state index in [1.54, 1.807) is 0 Å². The van der Waals surface area contributed by atoms with Gasteiger partial charge in [0, 0.05) is 24.3 Å². The fraction of sp³-hybridized carbons (Fsp3) is 0.941. The zero-order valence-electron chi connectivity index (χ0n) is 16.1. The van der Waals surface area contributed by atoms with E-state index < -0.39 is 12.4 Å². The number of esters is 1. The summed E-state index contributed by atoms with van der Waals surface area (Å²) < 4.78 is 27.9. The fourth-order valence-corrected chi connectivity index (χ4v) is 2.91. The fourth-order valence-electron chi connectivity index (χ4n) is 2.91. The third-order valence-electron chi connectivity index (χ3n) is 4.50. The predicted molar refractivity (Wildman–Crippen MR) is 94.4 cm³/mol. The van der Waals surface area contributed by atoms with Gasteiger partial charge in [-0.3, -0.25) is 4.79 Å². The third kappa shape index (κ3) is 7.88. The highest BCUT2D eigenvalue weighted by Crippen LogP contribution is 2.34. The van der Waals surface area contributed by atoms with Gasteiger partial charge in [0.15, 0.2) is 12.4 Å². The summed E-state index contributed by atoms with van der Waals surface area (Å²) in [6.07, 6.45) is -0.0535. The Kier molecular flexibility index (Phi) is 11.2. The number of ether oxygens (including phenoxy) is 5. The smallest absolute Gasteiger partial charge is 0.303 e. The molecule has 0 radical (unpaired) electrons. The van der Waals surface area contributed by atoms with Crippen LogP contribution in [0.4, 0.5) is 0 Å². The lowest BCUT2D eigenvalue weighted by Gasteiger charge is -2.43. The summed E-state index contributed by atoms with van der Waals surface area (Å²) in [6, 6.07) is 0. The summed E-state index contributed by atoms with van der Waals surface area (Å²) in [5, 5.41) is 3.37. The molecule has 9 heteroatoms. The van der Waals surface area contributed by atoms with Crippen molar-refractivity contribution in [2.45, 2.75) is 52.6 Å². The van der Waals surface area contributed by atoms with E-state index in [9.17, 15) is 4.79 Å². The van der Waals surface area contributed by atoms with Gasteiger partial charge in [0.05, 0.1) is 39.1 Å². The number of azide groups is 1. The second-order valence-electron chi connectivity index (χ2n) is 6.29. The van der Waals surface area contributed by atoms with Gasteiger partial charge >= 0.3 is 5.97 Å². The number of nitrogens with zero attached hydrogens (tertiary/aromatic N) is 3. The summed E-state index contributed by atoms with van der Waals surface area (Å²) in [7, 11) is 0. The number of rotatable bonds is 12. The van der Waals surface area contributed by atoms with Gasteiger partial charge in [-0.2, -0.15) is 0 Å². The Hall–Kier alpha value is -1.38. The van der Waals surface area contributed by atoms with Gasteiger partial charge in [-0.15, -0.1) is 0 Å². The molecule has 1 aliphatic heterocycles. The van der Waals surface area contributed by atoms with E-state index in [1.807, 2.05) is 0 Å². The molecule has 0 aromatic carbocycles. The lowest BCUT2D eigenvalue weighted by molar-refractivity contribution is -0.277. The zero-order chi connectivity index (χ0) is 19.4. The van der Waals surface area contributed by atoms with Crippen LogP contribution in [-0.4, -0.2) is 64.0 Å². The Morgan fingerprint density at radius 3 is 2.38 bits per heavy atom. The van der Waals surface area contributed by atoms with Crippen molar-refractivity contribution < 1.29 is 28.5 Å². The summed E-state index contributed by atoms with van der Waals surface area (Å²) in [5.41, 5.74) is 8.13. The Morgan fingerprint density at radius 2 is 1.77 bits per heavy atom. The van der Waals surface area contributed by atoms with Crippen LogP contribution in [0.2, 0.25) is 0 Å². The molecule has 0 aliphatic carbocycles. The summed E-state index contributed by atoms with van der Waals surface area (Å²) in [6.45, 7) is 9.87. The predicted octanol–water partition coefficient (Wildman–Crippen LogP) is 2.69. The van der Waals surface area contributed by atoms with Crippen molar-refractivity contribution in [1.29, 1.82) is 0 Å². The van der Waals surface area contributed by atoms with Gasteiger partial charge in [-0.05, 0) is 17.9 Å². The number of carbonyl (C=O) groups excluding carboxylic acids is 1. The van der Waals surface area contributed by atoms with Crippen LogP contribution in [0.15, 0.2) is 5.11 Å². The monoisotopic (exact) mass is 373 g/mol. The van der Waals surface area contributed by atoms with Crippen molar-refractivity contribution in [2.24, 2.45) is 17.0 Å². The topological polar surface area (TPSA) is 112 Å². The molecular weight excluding hydrogens is 342 g/mol. The molecule has 1 fully saturated rings. The zero-order valence-corrected chi connectivity index (χ0v) is 16.1. The highest BCUT2D eigenvalue weighted by molar-refractivity contribution is 5.66. The molecular formula is C17H31N3O6. The van der Waals surface area contributed by atoms with Crippen molar-refractivity contribution in [3.8, 4) is 0 Å². The molecule has 1 rings (SSSR count). The minimum absolute atomic E-state index is 0.0761. The molecule has 0 aromatic rings. The molecule has 1 unspecified atom stereocenters. The van der Waals surface area contributed by atoms with E-state index in [2.05, 4.69) is 30.8 Å².